The minimum atomic E-state index is -3.84. The van der Waals surface area contributed by atoms with E-state index in [1.54, 1.807) is 6.07 Å². The number of nitrogens with one attached hydrogen (secondary N) is 1. The van der Waals surface area contributed by atoms with Gasteiger partial charge in [-0.3, -0.25) is 0 Å². The fraction of sp³-hybridized carbons (Fsp3) is 0.538. The zero-order valence-corrected chi connectivity index (χ0v) is 14.1. The van der Waals surface area contributed by atoms with Crippen LogP contribution in [0.3, 0.4) is 0 Å². The van der Waals surface area contributed by atoms with Crippen LogP contribution in [0.1, 0.15) is 12.5 Å². The lowest BCUT2D eigenvalue weighted by Gasteiger charge is -2.26. The van der Waals surface area contributed by atoms with Gasteiger partial charge in [-0.2, -0.15) is 4.31 Å². The van der Waals surface area contributed by atoms with Crippen LogP contribution in [0, 0.1) is 5.82 Å². The Kier molecular flexibility index (Phi) is 5.73. The molecule has 0 aliphatic carbocycles. The van der Waals surface area contributed by atoms with Gasteiger partial charge in [-0.05, 0) is 18.7 Å². The standard InChI is InChI=1S/C13H18BrFN2O3S/c1-2-16-9-10-7-11(14)8-12(13(10)15)21(18,19)17-3-5-20-6-4-17/h7-8,16H,2-6,9H2,1H3. The monoisotopic (exact) mass is 380 g/mol. The molecule has 0 unspecified atom stereocenters. The minimum absolute atomic E-state index is 0.247. The molecule has 21 heavy (non-hydrogen) atoms. The first kappa shape index (κ1) is 16.8. The van der Waals surface area contributed by atoms with E-state index in [0.717, 1.165) is 0 Å². The van der Waals surface area contributed by atoms with Crippen molar-refractivity contribution in [1.29, 1.82) is 0 Å². The zero-order valence-electron chi connectivity index (χ0n) is 11.7. The summed E-state index contributed by atoms with van der Waals surface area (Å²) in [6.07, 6.45) is 0. The highest BCUT2D eigenvalue weighted by atomic mass is 79.9. The van der Waals surface area contributed by atoms with Crippen LogP contribution in [0.25, 0.3) is 0 Å². The van der Waals surface area contributed by atoms with Crippen LogP contribution in [-0.2, 0) is 21.3 Å². The summed E-state index contributed by atoms with van der Waals surface area (Å²) in [7, 11) is -3.84. The molecule has 0 radical (unpaired) electrons. The molecule has 1 aromatic rings. The van der Waals surface area contributed by atoms with E-state index in [1.807, 2.05) is 6.92 Å². The molecule has 5 nitrogen and oxygen atoms in total. The maximum Gasteiger partial charge on any atom is 0.246 e. The largest absolute Gasteiger partial charge is 0.379 e. The van der Waals surface area contributed by atoms with Crippen molar-refractivity contribution in [3.8, 4) is 0 Å². The molecule has 8 heteroatoms. The van der Waals surface area contributed by atoms with Gasteiger partial charge >= 0.3 is 0 Å². The van der Waals surface area contributed by atoms with E-state index in [0.29, 0.717) is 29.8 Å². The third-order valence-electron chi connectivity index (χ3n) is 3.23. The molecule has 1 aliphatic rings. The van der Waals surface area contributed by atoms with Crippen molar-refractivity contribution in [2.45, 2.75) is 18.4 Å². The van der Waals surface area contributed by atoms with Gasteiger partial charge in [-0.15, -0.1) is 0 Å². The highest BCUT2D eigenvalue weighted by Gasteiger charge is 2.30. The lowest BCUT2D eigenvalue weighted by Crippen LogP contribution is -2.41. The average Bonchev–Trinajstić information content (AvgIpc) is 2.48. The summed E-state index contributed by atoms with van der Waals surface area (Å²) < 4.78 is 46.6. The molecule has 0 saturated carbocycles. The number of hydrogen-bond donors (Lipinski definition) is 1. The van der Waals surface area contributed by atoms with Crippen molar-refractivity contribution in [2.75, 3.05) is 32.8 Å². The Bertz CT molecular complexity index is 604. The number of halogens is 2. The quantitative estimate of drug-likeness (QED) is 0.844. The van der Waals surface area contributed by atoms with Crippen LogP contribution in [0.4, 0.5) is 4.39 Å². The van der Waals surface area contributed by atoms with E-state index < -0.39 is 15.8 Å². The summed E-state index contributed by atoms with van der Waals surface area (Å²) in [5.74, 6) is -0.689. The summed E-state index contributed by atoms with van der Waals surface area (Å²) in [5.41, 5.74) is 0.332. The Morgan fingerprint density at radius 1 is 1.38 bits per heavy atom. The number of rotatable bonds is 5. The van der Waals surface area contributed by atoms with Gasteiger partial charge in [-0.25, -0.2) is 12.8 Å². The SMILES string of the molecule is CCNCc1cc(Br)cc(S(=O)(=O)N2CCOCC2)c1F. The molecule has 1 heterocycles. The van der Waals surface area contributed by atoms with Gasteiger partial charge in [0.1, 0.15) is 10.7 Å². The third kappa shape index (κ3) is 3.81. The highest BCUT2D eigenvalue weighted by molar-refractivity contribution is 9.10. The van der Waals surface area contributed by atoms with Crippen molar-refractivity contribution in [2.24, 2.45) is 0 Å². The summed E-state index contributed by atoms with van der Waals surface area (Å²) in [4.78, 5) is -0.285. The van der Waals surface area contributed by atoms with Crippen LogP contribution in [0.5, 0.6) is 0 Å². The van der Waals surface area contributed by atoms with Gasteiger partial charge in [0.2, 0.25) is 10.0 Å². The van der Waals surface area contributed by atoms with Gasteiger partial charge in [0.25, 0.3) is 0 Å². The molecule has 0 atom stereocenters. The second kappa shape index (κ2) is 7.15. The Hall–Kier alpha value is -0.540. The molecular weight excluding hydrogens is 363 g/mol. The van der Waals surface area contributed by atoms with E-state index in [9.17, 15) is 12.8 Å². The third-order valence-corrected chi connectivity index (χ3v) is 5.59. The molecule has 2 rings (SSSR count). The van der Waals surface area contributed by atoms with Gasteiger partial charge in [0, 0.05) is 29.7 Å². The van der Waals surface area contributed by atoms with Gasteiger partial charge < -0.3 is 10.1 Å². The van der Waals surface area contributed by atoms with E-state index in [4.69, 9.17) is 4.74 Å². The summed E-state index contributed by atoms with van der Waals surface area (Å²) in [5, 5.41) is 3.00. The highest BCUT2D eigenvalue weighted by Crippen LogP contribution is 2.27. The van der Waals surface area contributed by atoms with Crippen molar-refractivity contribution in [1.82, 2.24) is 9.62 Å². The molecule has 0 spiro atoms. The van der Waals surface area contributed by atoms with Crippen molar-refractivity contribution >= 4 is 26.0 Å². The average molecular weight is 381 g/mol. The number of ether oxygens (including phenoxy) is 1. The number of benzene rings is 1. The number of nitrogens with zero attached hydrogens (tertiary/aromatic N) is 1. The van der Waals surface area contributed by atoms with Crippen LogP contribution >= 0.6 is 15.9 Å². The molecule has 1 fully saturated rings. The lowest BCUT2D eigenvalue weighted by atomic mass is 10.2. The Labute approximate surface area is 132 Å². The second-order valence-electron chi connectivity index (χ2n) is 4.67. The topological polar surface area (TPSA) is 58.6 Å². The van der Waals surface area contributed by atoms with Gasteiger partial charge in [0.15, 0.2) is 0 Å². The predicted molar refractivity (Wildman–Crippen MR) is 81.1 cm³/mol. The molecule has 1 aromatic carbocycles. The van der Waals surface area contributed by atoms with Crippen molar-refractivity contribution < 1.29 is 17.5 Å². The van der Waals surface area contributed by atoms with E-state index >= 15 is 0 Å². The van der Waals surface area contributed by atoms with Gasteiger partial charge in [0.05, 0.1) is 13.2 Å². The predicted octanol–water partition coefficient (Wildman–Crippen LogP) is 1.72. The Morgan fingerprint density at radius 2 is 2.05 bits per heavy atom. The van der Waals surface area contributed by atoms with Crippen LogP contribution < -0.4 is 5.32 Å². The van der Waals surface area contributed by atoms with Crippen molar-refractivity contribution in [3.63, 3.8) is 0 Å². The summed E-state index contributed by atoms with van der Waals surface area (Å²) >= 11 is 3.25. The van der Waals surface area contributed by atoms with E-state index in [1.165, 1.54) is 10.4 Å². The van der Waals surface area contributed by atoms with Crippen molar-refractivity contribution in [3.05, 3.63) is 28.0 Å². The second-order valence-corrected chi connectivity index (χ2v) is 7.50. The number of sulfonamides is 1. The summed E-state index contributed by atoms with van der Waals surface area (Å²) in [6, 6.07) is 2.91. The Balaban J connectivity index is 2.39. The van der Waals surface area contributed by atoms with Gasteiger partial charge in [-0.1, -0.05) is 22.9 Å². The number of morpholine rings is 1. The molecule has 1 saturated heterocycles. The minimum Gasteiger partial charge on any atom is -0.379 e. The lowest BCUT2D eigenvalue weighted by molar-refractivity contribution is 0.0729. The number of hydrogen-bond acceptors (Lipinski definition) is 4. The summed E-state index contributed by atoms with van der Waals surface area (Å²) in [6.45, 7) is 4.03. The Morgan fingerprint density at radius 3 is 2.67 bits per heavy atom. The zero-order chi connectivity index (χ0) is 15.5. The molecule has 1 aliphatic heterocycles. The van der Waals surface area contributed by atoms with E-state index in [2.05, 4.69) is 21.2 Å². The normalized spacial score (nSPS) is 17.1. The van der Waals surface area contributed by atoms with E-state index in [-0.39, 0.29) is 24.5 Å². The first-order valence-corrected chi connectivity index (χ1v) is 8.96. The van der Waals surface area contributed by atoms with Crippen LogP contribution in [0.2, 0.25) is 0 Å². The molecule has 0 aromatic heterocycles. The maximum absolute atomic E-state index is 14.5. The molecule has 118 valence electrons. The first-order chi connectivity index (χ1) is 9.96. The maximum atomic E-state index is 14.5. The first-order valence-electron chi connectivity index (χ1n) is 6.73. The van der Waals surface area contributed by atoms with Crippen LogP contribution in [0.15, 0.2) is 21.5 Å². The fourth-order valence-electron chi connectivity index (χ4n) is 2.12. The van der Waals surface area contributed by atoms with Crippen LogP contribution in [-0.4, -0.2) is 45.6 Å². The smallest absolute Gasteiger partial charge is 0.246 e. The fourth-order valence-corrected chi connectivity index (χ4v) is 4.32. The molecule has 0 amide bonds. The molecule has 0 bridgehead atoms. The molecule has 1 N–H and O–H groups in total. The molecular formula is C13H18BrFN2O3S.